The van der Waals surface area contributed by atoms with Crippen LogP contribution in [0.5, 0.6) is 0 Å². The molecule has 0 unspecified atom stereocenters. The van der Waals surface area contributed by atoms with Crippen molar-refractivity contribution in [3.63, 3.8) is 0 Å². The van der Waals surface area contributed by atoms with Gasteiger partial charge in [-0.1, -0.05) is 23.2 Å². The lowest BCUT2D eigenvalue weighted by atomic mass is 10.2. The van der Waals surface area contributed by atoms with E-state index in [9.17, 15) is 14.9 Å². The highest BCUT2D eigenvalue weighted by Gasteiger charge is 2.16. The van der Waals surface area contributed by atoms with E-state index in [-0.39, 0.29) is 11.6 Å². The summed E-state index contributed by atoms with van der Waals surface area (Å²) in [4.78, 5) is 27.7. The summed E-state index contributed by atoms with van der Waals surface area (Å²) >= 11 is 15.9. The number of nitro groups is 1. The fourth-order valence-corrected chi connectivity index (χ4v) is 5.51. The van der Waals surface area contributed by atoms with Crippen molar-refractivity contribution in [1.29, 1.82) is 0 Å². The molecule has 1 aromatic carbocycles. The summed E-state index contributed by atoms with van der Waals surface area (Å²) in [5.74, 6) is -0.325. The molecule has 0 atom stereocenters. The molecule has 6 nitrogen and oxygen atoms in total. The van der Waals surface area contributed by atoms with Gasteiger partial charge in [-0.05, 0) is 18.2 Å². The maximum atomic E-state index is 12.5. The Morgan fingerprint density at radius 1 is 1.19 bits per heavy atom. The number of benzene rings is 1. The van der Waals surface area contributed by atoms with Gasteiger partial charge in [0.15, 0.2) is 5.13 Å². The van der Waals surface area contributed by atoms with Crippen LogP contribution in [0.25, 0.3) is 21.3 Å². The SMILES string of the molecule is O=C(Nc1nc(-c2cc(Cl)sc2Cl)cs1)c1cc2cc([N+](=O)[O-])ccc2s1. The summed E-state index contributed by atoms with van der Waals surface area (Å²) in [5, 5.41) is 16.5. The molecule has 4 aromatic rings. The highest BCUT2D eigenvalue weighted by atomic mass is 35.5. The van der Waals surface area contributed by atoms with Gasteiger partial charge in [0.05, 0.1) is 19.8 Å². The number of thiazole rings is 1. The number of non-ortho nitro benzene ring substituents is 1. The summed E-state index contributed by atoms with van der Waals surface area (Å²) in [5.41, 5.74) is 1.34. The molecule has 27 heavy (non-hydrogen) atoms. The quantitative estimate of drug-likeness (QED) is 0.279. The lowest BCUT2D eigenvalue weighted by molar-refractivity contribution is -0.384. The molecule has 1 N–H and O–H groups in total. The number of anilines is 1. The van der Waals surface area contributed by atoms with Crippen molar-refractivity contribution >= 4 is 84.0 Å². The molecule has 0 bridgehead atoms. The molecule has 0 saturated heterocycles. The number of aromatic nitrogens is 1. The van der Waals surface area contributed by atoms with Gasteiger partial charge in [0.1, 0.15) is 4.34 Å². The number of nitrogens with one attached hydrogen (secondary N) is 1. The van der Waals surface area contributed by atoms with Crippen LogP contribution < -0.4 is 5.32 Å². The minimum Gasteiger partial charge on any atom is -0.297 e. The molecule has 0 saturated carbocycles. The highest BCUT2D eigenvalue weighted by Crippen LogP contribution is 2.39. The van der Waals surface area contributed by atoms with Crippen molar-refractivity contribution in [2.75, 3.05) is 5.32 Å². The van der Waals surface area contributed by atoms with Crippen LogP contribution in [0.15, 0.2) is 35.7 Å². The third-order valence-corrected chi connectivity index (χ3v) is 6.95. The van der Waals surface area contributed by atoms with Crippen molar-refractivity contribution in [3.05, 3.63) is 59.4 Å². The molecule has 0 radical (unpaired) electrons. The van der Waals surface area contributed by atoms with Gasteiger partial charge in [0, 0.05) is 33.2 Å². The first-order valence-electron chi connectivity index (χ1n) is 7.31. The number of nitrogens with zero attached hydrogens (tertiary/aromatic N) is 2. The van der Waals surface area contributed by atoms with Crippen molar-refractivity contribution in [1.82, 2.24) is 4.98 Å². The van der Waals surface area contributed by atoms with Crippen LogP contribution in [-0.4, -0.2) is 15.8 Å². The van der Waals surface area contributed by atoms with Gasteiger partial charge in [0.25, 0.3) is 11.6 Å². The number of rotatable bonds is 4. The molecule has 136 valence electrons. The molecule has 0 spiro atoms. The van der Waals surface area contributed by atoms with E-state index < -0.39 is 4.92 Å². The normalized spacial score (nSPS) is 11.0. The third kappa shape index (κ3) is 3.69. The fraction of sp³-hybridized carbons (Fsp3) is 0. The Labute approximate surface area is 174 Å². The van der Waals surface area contributed by atoms with Crippen LogP contribution in [0.2, 0.25) is 8.67 Å². The maximum absolute atomic E-state index is 12.5. The Morgan fingerprint density at radius 3 is 2.70 bits per heavy atom. The number of thiophene rings is 2. The van der Waals surface area contributed by atoms with Gasteiger partial charge in [-0.25, -0.2) is 4.98 Å². The Bertz CT molecular complexity index is 1200. The van der Waals surface area contributed by atoms with E-state index in [2.05, 4.69) is 10.3 Å². The lowest BCUT2D eigenvalue weighted by Crippen LogP contribution is -2.09. The number of carbonyl (C=O) groups is 1. The zero-order valence-electron chi connectivity index (χ0n) is 13.1. The number of hydrogen-bond donors (Lipinski definition) is 1. The molecular formula is C16H7Cl2N3O3S3. The van der Waals surface area contributed by atoms with Crippen molar-refractivity contribution in [3.8, 4) is 11.3 Å². The second kappa shape index (κ2) is 7.17. The second-order valence-electron chi connectivity index (χ2n) is 5.32. The topological polar surface area (TPSA) is 85.1 Å². The maximum Gasteiger partial charge on any atom is 0.270 e. The highest BCUT2D eigenvalue weighted by molar-refractivity contribution is 7.21. The predicted octanol–water partition coefficient (Wildman–Crippen LogP) is 6.55. The molecule has 11 heteroatoms. The minimum absolute atomic E-state index is 0.0110. The van der Waals surface area contributed by atoms with Crippen molar-refractivity contribution in [2.45, 2.75) is 0 Å². The number of nitro benzene ring substituents is 1. The summed E-state index contributed by atoms with van der Waals surface area (Å²) in [6.07, 6.45) is 0. The number of fused-ring (bicyclic) bond motifs is 1. The van der Waals surface area contributed by atoms with E-state index in [0.29, 0.717) is 29.8 Å². The van der Waals surface area contributed by atoms with Gasteiger partial charge in [0.2, 0.25) is 0 Å². The predicted molar refractivity (Wildman–Crippen MR) is 112 cm³/mol. The molecule has 3 aromatic heterocycles. The Kier molecular flexibility index (Phi) is 4.87. The van der Waals surface area contributed by atoms with Crippen LogP contribution in [0.3, 0.4) is 0 Å². The zero-order chi connectivity index (χ0) is 19.1. The van der Waals surface area contributed by atoms with E-state index in [0.717, 1.165) is 10.3 Å². The Morgan fingerprint density at radius 2 is 2.00 bits per heavy atom. The third-order valence-electron chi connectivity index (χ3n) is 3.59. The molecule has 0 aliphatic heterocycles. The lowest BCUT2D eigenvalue weighted by Gasteiger charge is -1.97. The fourth-order valence-electron chi connectivity index (χ4n) is 2.38. The van der Waals surface area contributed by atoms with Crippen LogP contribution in [0.4, 0.5) is 10.8 Å². The minimum atomic E-state index is -0.463. The summed E-state index contributed by atoms with van der Waals surface area (Å²) in [7, 11) is 0. The van der Waals surface area contributed by atoms with Crippen molar-refractivity contribution in [2.24, 2.45) is 0 Å². The number of halogens is 2. The smallest absolute Gasteiger partial charge is 0.270 e. The van der Waals surface area contributed by atoms with E-state index in [1.54, 1.807) is 23.6 Å². The largest absolute Gasteiger partial charge is 0.297 e. The molecular weight excluding hydrogens is 449 g/mol. The molecule has 3 heterocycles. The number of amides is 1. The van der Waals surface area contributed by atoms with Crippen molar-refractivity contribution < 1.29 is 9.72 Å². The standard InChI is InChI=1S/C16H7Cl2N3O3S3/c17-13-5-9(14(18)27-13)10-6-25-16(19-10)20-15(22)12-4-7-3-8(21(23)24)1-2-11(7)26-12/h1-6H,(H,19,20,22). The average Bonchev–Trinajstić information content (AvgIpc) is 3.32. The van der Waals surface area contributed by atoms with Gasteiger partial charge >= 0.3 is 0 Å². The first-order valence-corrected chi connectivity index (χ1v) is 10.6. The molecule has 0 fully saturated rings. The number of carbonyl (C=O) groups excluding carboxylic acids is 1. The van der Waals surface area contributed by atoms with Gasteiger partial charge in [-0.2, -0.15) is 0 Å². The first kappa shape index (κ1) is 18.3. The summed E-state index contributed by atoms with van der Waals surface area (Å²) in [6.45, 7) is 0. The monoisotopic (exact) mass is 455 g/mol. The first-order chi connectivity index (χ1) is 12.9. The van der Waals surface area contributed by atoms with Crippen LogP contribution in [-0.2, 0) is 0 Å². The van der Waals surface area contributed by atoms with Crippen LogP contribution in [0.1, 0.15) is 9.67 Å². The van der Waals surface area contributed by atoms with Crippen LogP contribution in [0, 0.1) is 10.1 Å². The number of hydrogen-bond acceptors (Lipinski definition) is 7. The summed E-state index contributed by atoms with van der Waals surface area (Å²) < 4.78 is 1.90. The van der Waals surface area contributed by atoms with Gasteiger partial charge < -0.3 is 0 Å². The Balaban J connectivity index is 1.56. The average molecular weight is 456 g/mol. The molecule has 0 aliphatic carbocycles. The van der Waals surface area contributed by atoms with Crippen LogP contribution >= 0.6 is 57.2 Å². The van der Waals surface area contributed by atoms with E-state index in [1.807, 2.05) is 0 Å². The van der Waals surface area contributed by atoms with Gasteiger partial charge in [-0.15, -0.1) is 34.0 Å². The zero-order valence-corrected chi connectivity index (χ0v) is 17.0. The van der Waals surface area contributed by atoms with E-state index in [1.165, 1.54) is 46.1 Å². The second-order valence-corrected chi connectivity index (χ2v) is 9.55. The summed E-state index contributed by atoms with van der Waals surface area (Å²) in [6, 6.07) is 7.87. The Hall–Kier alpha value is -2.04. The van der Waals surface area contributed by atoms with E-state index >= 15 is 0 Å². The van der Waals surface area contributed by atoms with E-state index in [4.69, 9.17) is 23.2 Å². The molecule has 4 rings (SSSR count). The molecule has 0 aliphatic rings. The van der Waals surface area contributed by atoms with Gasteiger partial charge in [-0.3, -0.25) is 20.2 Å². The molecule has 1 amide bonds.